The van der Waals surface area contributed by atoms with Crippen molar-refractivity contribution >= 4 is 21.9 Å². The topological polar surface area (TPSA) is 38.3 Å². The van der Waals surface area contributed by atoms with Crippen molar-refractivity contribution in [2.24, 2.45) is 0 Å². The van der Waals surface area contributed by atoms with Gasteiger partial charge in [0, 0.05) is 11.0 Å². The number of esters is 1. The van der Waals surface area contributed by atoms with Crippen molar-refractivity contribution in [1.82, 2.24) is 5.32 Å². The molecule has 0 aliphatic carbocycles. The fourth-order valence-electron chi connectivity index (χ4n) is 1.18. The Hall–Kier alpha value is -0.870. The third-order valence-corrected chi connectivity index (χ3v) is 2.55. The molecular weight excluding hydrogens is 258 g/mol. The predicted octanol–water partition coefficient (Wildman–Crippen LogP) is 2.10. The van der Waals surface area contributed by atoms with Gasteiger partial charge in [0.1, 0.15) is 6.04 Å². The average Bonchev–Trinajstić information content (AvgIpc) is 2.25. The van der Waals surface area contributed by atoms with Gasteiger partial charge in [0.2, 0.25) is 0 Å². The van der Waals surface area contributed by atoms with Crippen LogP contribution in [0.5, 0.6) is 0 Å². The number of benzene rings is 1. The largest absolute Gasteiger partial charge is 0.468 e. The number of ether oxygens (including phenoxy) is 1. The highest BCUT2D eigenvalue weighted by Crippen LogP contribution is 2.11. The minimum atomic E-state index is -0.283. The van der Waals surface area contributed by atoms with E-state index in [4.69, 9.17) is 0 Å². The number of carbonyl (C=O) groups excluding carboxylic acids is 1. The van der Waals surface area contributed by atoms with E-state index in [1.807, 2.05) is 24.3 Å². The van der Waals surface area contributed by atoms with E-state index in [1.165, 1.54) is 7.11 Å². The molecule has 0 heterocycles. The molecule has 1 N–H and O–H groups in total. The average molecular weight is 272 g/mol. The van der Waals surface area contributed by atoms with Crippen LogP contribution < -0.4 is 5.32 Å². The van der Waals surface area contributed by atoms with Gasteiger partial charge in [-0.1, -0.05) is 28.1 Å². The van der Waals surface area contributed by atoms with Crippen molar-refractivity contribution in [3.8, 4) is 0 Å². The van der Waals surface area contributed by atoms with Crippen LogP contribution in [0, 0.1) is 0 Å². The quantitative estimate of drug-likeness (QED) is 0.853. The predicted molar refractivity (Wildman–Crippen MR) is 62.5 cm³/mol. The molecule has 1 atom stereocenters. The Morgan fingerprint density at radius 3 is 2.93 bits per heavy atom. The van der Waals surface area contributed by atoms with E-state index < -0.39 is 0 Å². The Morgan fingerprint density at radius 2 is 2.33 bits per heavy atom. The molecule has 0 aliphatic heterocycles. The number of nitrogens with one attached hydrogen (secondary N) is 1. The second kappa shape index (κ2) is 5.88. The minimum absolute atomic E-state index is 0.245. The fourth-order valence-corrected chi connectivity index (χ4v) is 1.62. The summed E-state index contributed by atoms with van der Waals surface area (Å²) in [5.74, 6) is -0.245. The third-order valence-electron chi connectivity index (χ3n) is 2.06. The van der Waals surface area contributed by atoms with E-state index in [-0.39, 0.29) is 12.0 Å². The minimum Gasteiger partial charge on any atom is -0.468 e. The van der Waals surface area contributed by atoms with Crippen LogP contribution >= 0.6 is 15.9 Å². The summed E-state index contributed by atoms with van der Waals surface area (Å²) in [5, 5.41) is 3.08. The standard InChI is InChI=1S/C11H14BrNO2/c1-8(11(14)15-2)13-7-9-4-3-5-10(12)6-9/h3-6,8,13H,7H2,1-2H3/t8-/m0/s1. The summed E-state index contributed by atoms with van der Waals surface area (Å²) in [7, 11) is 1.39. The van der Waals surface area contributed by atoms with Crippen molar-refractivity contribution in [3.05, 3.63) is 34.3 Å². The molecule has 0 radical (unpaired) electrons. The van der Waals surface area contributed by atoms with Gasteiger partial charge < -0.3 is 10.1 Å². The highest BCUT2D eigenvalue weighted by molar-refractivity contribution is 9.10. The van der Waals surface area contributed by atoms with Gasteiger partial charge in [-0.3, -0.25) is 4.79 Å². The summed E-state index contributed by atoms with van der Waals surface area (Å²) in [4.78, 5) is 11.1. The van der Waals surface area contributed by atoms with Crippen molar-refractivity contribution < 1.29 is 9.53 Å². The van der Waals surface area contributed by atoms with Crippen LogP contribution in [-0.2, 0) is 16.1 Å². The highest BCUT2D eigenvalue weighted by atomic mass is 79.9. The molecule has 0 unspecified atom stereocenters. The molecule has 1 aromatic carbocycles. The molecular formula is C11H14BrNO2. The van der Waals surface area contributed by atoms with Crippen LogP contribution in [0.3, 0.4) is 0 Å². The molecule has 0 amide bonds. The number of rotatable bonds is 4. The first-order chi connectivity index (χ1) is 7.13. The summed E-state index contributed by atoms with van der Waals surface area (Å²) >= 11 is 3.39. The lowest BCUT2D eigenvalue weighted by atomic mass is 10.2. The maximum atomic E-state index is 11.1. The van der Waals surface area contributed by atoms with Crippen LogP contribution in [0.15, 0.2) is 28.7 Å². The molecule has 15 heavy (non-hydrogen) atoms. The molecule has 1 rings (SSSR count). The first-order valence-corrected chi connectivity index (χ1v) is 5.48. The maximum Gasteiger partial charge on any atom is 0.322 e. The zero-order valence-corrected chi connectivity index (χ0v) is 10.4. The van der Waals surface area contributed by atoms with Crippen molar-refractivity contribution in [3.63, 3.8) is 0 Å². The first kappa shape index (κ1) is 12.2. The Bertz CT molecular complexity index is 341. The van der Waals surface area contributed by atoms with Gasteiger partial charge in [-0.15, -0.1) is 0 Å². The lowest BCUT2D eigenvalue weighted by Gasteiger charge is -2.11. The Morgan fingerprint density at radius 1 is 1.60 bits per heavy atom. The Balaban J connectivity index is 2.47. The van der Waals surface area contributed by atoms with Gasteiger partial charge in [0.05, 0.1) is 7.11 Å². The highest BCUT2D eigenvalue weighted by Gasteiger charge is 2.11. The second-order valence-corrected chi connectivity index (χ2v) is 4.17. The van der Waals surface area contributed by atoms with Gasteiger partial charge in [0.25, 0.3) is 0 Å². The molecule has 4 heteroatoms. The smallest absolute Gasteiger partial charge is 0.322 e. The Labute approximate surface area is 97.9 Å². The lowest BCUT2D eigenvalue weighted by Crippen LogP contribution is -2.34. The fraction of sp³-hybridized carbons (Fsp3) is 0.364. The van der Waals surface area contributed by atoms with Crippen LogP contribution in [-0.4, -0.2) is 19.1 Å². The molecule has 1 aromatic rings. The van der Waals surface area contributed by atoms with E-state index >= 15 is 0 Å². The Kier molecular flexibility index (Phi) is 4.78. The van der Waals surface area contributed by atoms with E-state index in [0.717, 1.165) is 10.0 Å². The summed E-state index contributed by atoms with van der Waals surface area (Å²) in [5.41, 5.74) is 1.13. The van der Waals surface area contributed by atoms with Crippen molar-refractivity contribution in [1.29, 1.82) is 0 Å². The first-order valence-electron chi connectivity index (χ1n) is 4.69. The molecule has 0 saturated carbocycles. The van der Waals surface area contributed by atoms with Gasteiger partial charge >= 0.3 is 5.97 Å². The zero-order valence-electron chi connectivity index (χ0n) is 8.79. The second-order valence-electron chi connectivity index (χ2n) is 3.26. The van der Waals surface area contributed by atoms with Gasteiger partial charge in [-0.05, 0) is 24.6 Å². The summed E-state index contributed by atoms with van der Waals surface area (Å²) in [6.45, 7) is 2.43. The monoisotopic (exact) mass is 271 g/mol. The summed E-state index contributed by atoms with van der Waals surface area (Å²) < 4.78 is 5.65. The molecule has 82 valence electrons. The lowest BCUT2D eigenvalue weighted by molar-refractivity contribution is -0.142. The summed E-state index contributed by atoms with van der Waals surface area (Å²) in [6.07, 6.45) is 0. The van der Waals surface area contributed by atoms with Gasteiger partial charge in [-0.25, -0.2) is 0 Å². The zero-order chi connectivity index (χ0) is 11.3. The molecule has 0 spiro atoms. The van der Waals surface area contributed by atoms with Crippen LogP contribution in [0.25, 0.3) is 0 Å². The van der Waals surface area contributed by atoms with E-state index in [0.29, 0.717) is 6.54 Å². The number of carbonyl (C=O) groups is 1. The number of hydrogen-bond donors (Lipinski definition) is 1. The van der Waals surface area contributed by atoms with Gasteiger partial charge in [0.15, 0.2) is 0 Å². The van der Waals surface area contributed by atoms with Crippen LogP contribution in [0.4, 0.5) is 0 Å². The molecule has 3 nitrogen and oxygen atoms in total. The number of halogens is 1. The number of hydrogen-bond acceptors (Lipinski definition) is 3. The van der Waals surface area contributed by atoms with Crippen LogP contribution in [0.1, 0.15) is 12.5 Å². The molecule has 0 fully saturated rings. The van der Waals surface area contributed by atoms with E-state index in [9.17, 15) is 4.79 Å². The SMILES string of the molecule is COC(=O)[C@H](C)NCc1cccc(Br)c1. The summed E-state index contributed by atoms with van der Waals surface area (Å²) in [6, 6.07) is 7.66. The van der Waals surface area contributed by atoms with E-state index in [1.54, 1.807) is 6.92 Å². The molecule has 0 bridgehead atoms. The third kappa shape index (κ3) is 4.01. The van der Waals surface area contributed by atoms with Gasteiger partial charge in [-0.2, -0.15) is 0 Å². The van der Waals surface area contributed by atoms with Crippen molar-refractivity contribution in [2.75, 3.05) is 7.11 Å². The molecule has 0 saturated heterocycles. The van der Waals surface area contributed by atoms with Crippen molar-refractivity contribution in [2.45, 2.75) is 19.5 Å². The maximum absolute atomic E-state index is 11.1. The molecule has 0 aromatic heterocycles. The van der Waals surface area contributed by atoms with Crippen LogP contribution in [0.2, 0.25) is 0 Å². The molecule has 0 aliphatic rings. The normalized spacial score (nSPS) is 12.2. The van der Waals surface area contributed by atoms with E-state index in [2.05, 4.69) is 26.0 Å². The number of methoxy groups -OCH3 is 1.